The Labute approximate surface area is 168 Å². The van der Waals surface area contributed by atoms with Gasteiger partial charge in [0.2, 0.25) is 0 Å². The lowest BCUT2D eigenvalue weighted by atomic mass is 10.1. The van der Waals surface area contributed by atoms with Crippen molar-refractivity contribution in [3.63, 3.8) is 0 Å². The van der Waals surface area contributed by atoms with E-state index in [0.717, 1.165) is 22.2 Å². The van der Waals surface area contributed by atoms with Crippen molar-refractivity contribution in [3.05, 3.63) is 78.2 Å². The second-order valence-electron chi connectivity index (χ2n) is 6.50. The Morgan fingerprint density at radius 1 is 1.07 bits per heavy atom. The van der Waals surface area contributed by atoms with E-state index in [4.69, 9.17) is 5.73 Å². The van der Waals surface area contributed by atoms with Gasteiger partial charge >= 0.3 is 0 Å². The number of pyridine rings is 1. The molecule has 0 saturated heterocycles. The fraction of sp³-hybridized carbons (Fsp3) is 0.0909. The number of carbonyl (C=O) groups is 1. The SMILES string of the molecule is CNC(=O)c1nc(-c2ccc3ccnc(NCc4ccccc4)c3c2)cnc1N. The lowest BCUT2D eigenvalue weighted by molar-refractivity contribution is 0.0959. The van der Waals surface area contributed by atoms with Crippen molar-refractivity contribution in [1.29, 1.82) is 0 Å². The average Bonchev–Trinajstić information content (AvgIpc) is 2.78. The number of fused-ring (bicyclic) bond motifs is 1. The number of amides is 1. The highest BCUT2D eigenvalue weighted by atomic mass is 16.1. The molecule has 0 aliphatic carbocycles. The number of rotatable bonds is 5. The summed E-state index contributed by atoms with van der Waals surface area (Å²) < 4.78 is 0. The minimum atomic E-state index is -0.371. The summed E-state index contributed by atoms with van der Waals surface area (Å²) in [6.07, 6.45) is 3.35. The summed E-state index contributed by atoms with van der Waals surface area (Å²) in [6, 6.07) is 18.0. The van der Waals surface area contributed by atoms with Crippen molar-refractivity contribution in [2.24, 2.45) is 0 Å². The number of nitrogens with two attached hydrogens (primary N) is 1. The van der Waals surface area contributed by atoms with Crippen LogP contribution in [0.4, 0.5) is 11.6 Å². The molecular weight excluding hydrogens is 364 g/mol. The fourth-order valence-corrected chi connectivity index (χ4v) is 3.07. The van der Waals surface area contributed by atoms with Crippen LogP contribution in [0.25, 0.3) is 22.0 Å². The summed E-state index contributed by atoms with van der Waals surface area (Å²) in [5, 5.41) is 7.94. The molecule has 0 fully saturated rings. The van der Waals surface area contributed by atoms with Gasteiger partial charge in [-0.15, -0.1) is 0 Å². The van der Waals surface area contributed by atoms with Gasteiger partial charge in [0.1, 0.15) is 5.82 Å². The largest absolute Gasteiger partial charge is 0.382 e. The van der Waals surface area contributed by atoms with E-state index in [2.05, 4.69) is 37.7 Å². The Hall–Kier alpha value is -4.00. The van der Waals surface area contributed by atoms with Crippen LogP contribution < -0.4 is 16.4 Å². The predicted octanol–water partition coefficient (Wildman–Crippen LogP) is 3.25. The van der Waals surface area contributed by atoms with Gasteiger partial charge in [-0.2, -0.15) is 0 Å². The van der Waals surface area contributed by atoms with Gasteiger partial charge in [0.15, 0.2) is 11.5 Å². The summed E-state index contributed by atoms with van der Waals surface area (Å²) in [5.41, 5.74) is 8.47. The minimum absolute atomic E-state index is 0.0979. The van der Waals surface area contributed by atoms with Crippen LogP contribution in [0.15, 0.2) is 67.0 Å². The van der Waals surface area contributed by atoms with Gasteiger partial charge in [-0.25, -0.2) is 15.0 Å². The zero-order chi connectivity index (χ0) is 20.2. The van der Waals surface area contributed by atoms with Crippen LogP contribution in [0, 0.1) is 0 Å². The lowest BCUT2D eigenvalue weighted by Crippen LogP contribution is -2.21. The number of aromatic nitrogens is 3. The quantitative estimate of drug-likeness (QED) is 0.488. The third kappa shape index (κ3) is 3.84. The number of nitrogen functional groups attached to an aromatic ring is 1. The molecule has 144 valence electrons. The smallest absolute Gasteiger partial charge is 0.273 e. The van der Waals surface area contributed by atoms with E-state index in [1.165, 1.54) is 12.6 Å². The van der Waals surface area contributed by atoms with Crippen LogP contribution in [-0.4, -0.2) is 27.9 Å². The Morgan fingerprint density at radius 3 is 2.69 bits per heavy atom. The van der Waals surface area contributed by atoms with E-state index >= 15 is 0 Å². The molecule has 0 radical (unpaired) electrons. The van der Waals surface area contributed by atoms with E-state index in [9.17, 15) is 4.79 Å². The molecule has 2 aromatic carbocycles. The Kier molecular flexibility index (Phi) is 5.03. The van der Waals surface area contributed by atoms with Crippen molar-refractivity contribution in [2.75, 3.05) is 18.1 Å². The molecular formula is C22H20N6O. The second-order valence-corrected chi connectivity index (χ2v) is 6.50. The number of nitrogens with one attached hydrogen (secondary N) is 2. The Balaban J connectivity index is 1.71. The van der Waals surface area contributed by atoms with Gasteiger partial charge in [-0.05, 0) is 23.1 Å². The maximum atomic E-state index is 12.0. The Morgan fingerprint density at radius 2 is 1.90 bits per heavy atom. The number of benzene rings is 2. The molecule has 7 heteroatoms. The highest BCUT2D eigenvalue weighted by Gasteiger charge is 2.14. The van der Waals surface area contributed by atoms with E-state index < -0.39 is 0 Å². The molecule has 29 heavy (non-hydrogen) atoms. The van der Waals surface area contributed by atoms with E-state index in [1.54, 1.807) is 12.4 Å². The van der Waals surface area contributed by atoms with Gasteiger partial charge in [0.25, 0.3) is 5.91 Å². The molecule has 0 spiro atoms. The van der Waals surface area contributed by atoms with Gasteiger partial charge < -0.3 is 16.4 Å². The second kappa shape index (κ2) is 7.93. The van der Waals surface area contributed by atoms with Crippen LogP contribution in [0.3, 0.4) is 0 Å². The van der Waals surface area contributed by atoms with Gasteiger partial charge in [-0.1, -0.05) is 42.5 Å². The average molecular weight is 384 g/mol. The van der Waals surface area contributed by atoms with Gasteiger partial charge in [0, 0.05) is 30.7 Å². The normalized spacial score (nSPS) is 10.7. The van der Waals surface area contributed by atoms with Crippen LogP contribution in [0.5, 0.6) is 0 Å². The summed E-state index contributed by atoms with van der Waals surface area (Å²) >= 11 is 0. The summed E-state index contributed by atoms with van der Waals surface area (Å²) in [4.78, 5) is 25.0. The van der Waals surface area contributed by atoms with Crippen molar-refractivity contribution in [1.82, 2.24) is 20.3 Å². The summed E-state index contributed by atoms with van der Waals surface area (Å²) in [7, 11) is 1.53. The zero-order valence-corrected chi connectivity index (χ0v) is 15.9. The number of nitrogens with zero attached hydrogens (tertiary/aromatic N) is 3. The van der Waals surface area contributed by atoms with Crippen molar-refractivity contribution >= 4 is 28.3 Å². The molecule has 0 aliphatic heterocycles. The van der Waals surface area contributed by atoms with E-state index in [0.29, 0.717) is 12.2 Å². The minimum Gasteiger partial charge on any atom is -0.382 e. The molecule has 0 bridgehead atoms. The van der Waals surface area contributed by atoms with E-state index in [-0.39, 0.29) is 17.4 Å². The zero-order valence-electron chi connectivity index (χ0n) is 15.9. The highest BCUT2D eigenvalue weighted by Crippen LogP contribution is 2.27. The molecule has 4 N–H and O–H groups in total. The molecule has 1 amide bonds. The molecule has 4 rings (SSSR count). The first-order chi connectivity index (χ1) is 14.2. The monoisotopic (exact) mass is 384 g/mol. The number of carbonyl (C=O) groups excluding carboxylic acids is 1. The fourth-order valence-electron chi connectivity index (χ4n) is 3.07. The van der Waals surface area contributed by atoms with Crippen LogP contribution in [-0.2, 0) is 6.54 Å². The number of hydrogen-bond donors (Lipinski definition) is 3. The first-order valence-electron chi connectivity index (χ1n) is 9.17. The lowest BCUT2D eigenvalue weighted by Gasteiger charge is -2.11. The van der Waals surface area contributed by atoms with Crippen LogP contribution in [0.2, 0.25) is 0 Å². The number of hydrogen-bond acceptors (Lipinski definition) is 6. The molecule has 0 aliphatic rings. The van der Waals surface area contributed by atoms with Crippen LogP contribution in [0.1, 0.15) is 16.1 Å². The third-order valence-electron chi connectivity index (χ3n) is 4.61. The maximum Gasteiger partial charge on any atom is 0.273 e. The predicted molar refractivity (Wildman–Crippen MR) is 114 cm³/mol. The topological polar surface area (TPSA) is 106 Å². The van der Waals surface area contributed by atoms with Gasteiger partial charge in [0.05, 0.1) is 11.9 Å². The molecule has 4 aromatic rings. The summed E-state index contributed by atoms with van der Waals surface area (Å²) in [5.74, 6) is 0.508. The molecule has 2 aromatic heterocycles. The van der Waals surface area contributed by atoms with Crippen molar-refractivity contribution in [2.45, 2.75) is 6.54 Å². The van der Waals surface area contributed by atoms with Crippen molar-refractivity contribution < 1.29 is 4.79 Å². The number of anilines is 2. The highest BCUT2D eigenvalue weighted by molar-refractivity contribution is 5.97. The molecule has 0 unspecified atom stereocenters. The van der Waals surface area contributed by atoms with E-state index in [1.807, 2.05) is 42.5 Å². The first kappa shape index (κ1) is 18.4. The van der Waals surface area contributed by atoms with Gasteiger partial charge in [-0.3, -0.25) is 4.79 Å². The third-order valence-corrected chi connectivity index (χ3v) is 4.61. The molecule has 2 heterocycles. The Bertz CT molecular complexity index is 1180. The molecule has 7 nitrogen and oxygen atoms in total. The summed E-state index contributed by atoms with van der Waals surface area (Å²) in [6.45, 7) is 0.666. The first-order valence-corrected chi connectivity index (χ1v) is 9.17. The maximum absolute atomic E-state index is 12.0. The van der Waals surface area contributed by atoms with Crippen molar-refractivity contribution in [3.8, 4) is 11.3 Å². The molecule has 0 saturated carbocycles. The molecule has 0 atom stereocenters. The van der Waals surface area contributed by atoms with Crippen LogP contribution >= 0.6 is 0 Å². The standard InChI is InChI=1S/C22H20N6O/c1-24-22(29)19-20(23)26-13-18(28-19)16-8-7-15-9-10-25-21(17(15)11-16)27-12-14-5-3-2-4-6-14/h2-11,13H,12H2,1H3,(H2,23,26)(H,24,29)(H,25,27).